The van der Waals surface area contributed by atoms with Gasteiger partial charge in [-0.15, -0.1) is 0 Å². The predicted octanol–water partition coefficient (Wildman–Crippen LogP) is 5.48. The molecule has 1 heterocycles. The molecule has 3 rings (SSSR count). The van der Waals surface area contributed by atoms with Crippen LogP contribution in [-0.4, -0.2) is 26.2 Å². The Morgan fingerprint density at radius 1 is 1.14 bits per heavy atom. The normalized spacial score (nSPS) is 15.4. The van der Waals surface area contributed by atoms with Crippen LogP contribution in [0.1, 0.15) is 56.2 Å². The second-order valence-electron chi connectivity index (χ2n) is 7.19. The van der Waals surface area contributed by atoms with Crippen molar-refractivity contribution >= 4 is 23.6 Å². The van der Waals surface area contributed by atoms with Crippen LogP contribution in [0.25, 0.3) is 0 Å². The fourth-order valence-corrected chi connectivity index (χ4v) is 4.67. The molecule has 0 saturated carbocycles. The number of benzene rings is 2. The van der Waals surface area contributed by atoms with Crippen molar-refractivity contribution in [1.29, 1.82) is 0 Å². The first-order valence-corrected chi connectivity index (χ1v) is 11.1. The average Bonchev–Trinajstić information content (AvgIpc) is 2.82. The first kappa shape index (κ1) is 21.7. The van der Waals surface area contributed by atoms with Crippen LogP contribution in [-0.2, 0) is 9.53 Å². The van der Waals surface area contributed by atoms with Crippen molar-refractivity contribution in [2.45, 2.75) is 50.0 Å². The van der Waals surface area contributed by atoms with E-state index in [0.29, 0.717) is 13.0 Å². The van der Waals surface area contributed by atoms with E-state index in [1.165, 1.54) is 11.6 Å². The maximum atomic E-state index is 13.9. The third kappa shape index (κ3) is 5.73. The lowest BCUT2D eigenvalue weighted by molar-refractivity contribution is -0.143. The Morgan fingerprint density at radius 2 is 1.93 bits per heavy atom. The van der Waals surface area contributed by atoms with Crippen LogP contribution in [0.4, 0.5) is 10.1 Å². The molecule has 0 bridgehead atoms. The molecular formula is C23H29FN2O2S. The van der Waals surface area contributed by atoms with Crippen LogP contribution in [0.3, 0.4) is 0 Å². The van der Waals surface area contributed by atoms with E-state index in [2.05, 4.69) is 27.8 Å². The second kappa shape index (κ2) is 10.6. The summed E-state index contributed by atoms with van der Waals surface area (Å²) in [6, 6.07) is 13.4. The number of nitrogens with zero attached hydrogens (tertiary/aromatic N) is 1. The van der Waals surface area contributed by atoms with Gasteiger partial charge in [-0.05, 0) is 67.6 Å². The largest absolute Gasteiger partial charge is 0.466 e. The minimum Gasteiger partial charge on any atom is -0.466 e. The van der Waals surface area contributed by atoms with Crippen LogP contribution in [0.15, 0.2) is 47.4 Å². The topological polar surface area (TPSA) is 41.6 Å². The molecule has 1 aliphatic rings. The lowest BCUT2D eigenvalue weighted by atomic mass is 9.96. The van der Waals surface area contributed by atoms with Gasteiger partial charge in [0.1, 0.15) is 5.82 Å². The Hall–Kier alpha value is -2.05. The van der Waals surface area contributed by atoms with Gasteiger partial charge in [-0.1, -0.05) is 37.1 Å². The second-order valence-corrected chi connectivity index (χ2v) is 8.36. The summed E-state index contributed by atoms with van der Waals surface area (Å²) < 4.78 is 20.9. The summed E-state index contributed by atoms with van der Waals surface area (Å²) in [5, 5.41) is 3.68. The lowest BCUT2D eigenvalue weighted by Crippen LogP contribution is -2.24. The molecule has 0 fully saturated rings. The van der Waals surface area contributed by atoms with Crippen molar-refractivity contribution in [2.75, 3.05) is 24.5 Å². The van der Waals surface area contributed by atoms with Gasteiger partial charge in [0, 0.05) is 18.4 Å². The van der Waals surface area contributed by atoms with Crippen molar-refractivity contribution in [3.8, 4) is 0 Å². The van der Waals surface area contributed by atoms with E-state index in [1.54, 1.807) is 18.0 Å². The number of anilines is 1. The van der Waals surface area contributed by atoms with Crippen LogP contribution >= 0.6 is 11.9 Å². The van der Waals surface area contributed by atoms with Crippen LogP contribution in [0.2, 0.25) is 0 Å². The van der Waals surface area contributed by atoms with Crippen molar-refractivity contribution < 1.29 is 13.9 Å². The van der Waals surface area contributed by atoms with Gasteiger partial charge in [0.05, 0.1) is 18.3 Å². The van der Waals surface area contributed by atoms with Gasteiger partial charge in [0.2, 0.25) is 0 Å². The lowest BCUT2D eigenvalue weighted by Gasteiger charge is -2.22. The highest BCUT2D eigenvalue weighted by molar-refractivity contribution is 8.00. The molecular weight excluding hydrogens is 387 g/mol. The summed E-state index contributed by atoms with van der Waals surface area (Å²) in [5.74, 6) is -0.317. The molecule has 4 nitrogen and oxygen atoms in total. The zero-order valence-electron chi connectivity index (χ0n) is 17.1. The number of unbranched alkanes of at least 4 members (excludes halogenated alkanes) is 3. The molecule has 0 aliphatic carbocycles. The first-order valence-electron chi connectivity index (χ1n) is 10.3. The molecule has 156 valence electrons. The van der Waals surface area contributed by atoms with E-state index >= 15 is 0 Å². The van der Waals surface area contributed by atoms with E-state index < -0.39 is 0 Å². The standard InChI is InChI=1S/C23H29FN2O2S/c1-3-28-22(27)12-6-4-5-9-15-25-23-18-10-7-8-11-20(18)26(2)29-21-16-17(24)13-14-19(21)23/h7-8,10-11,13-14,16,23,25H,3-6,9,12,15H2,1-2H3. The third-order valence-corrected chi connectivity index (χ3v) is 6.09. The molecule has 1 atom stereocenters. The summed E-state index contributed by atoms with van der Waals surface area (Å²) in [5.41, 5.74) is 3.45. The van der Waals surface area contributed by atoms with E-state index in [0.717, 1.165) is 48.4 Å². The summed E-state index contributed by atoms with van der Waals surface area (Å²) >= 11 is 1.56. The maximum Gasteiger partial charge on any atom is 0.305 e. The molecule has 29 heavy (non-hydrogen) atoms. The molecule has 2 aromatic carbocycles. The van der Waals surface area contributed by atoms with Gasteiger partial charge in [-0.3, -0.25) is 4.79 Å². The smallest absolute Gasteiger partial charge is 0.305 e. The molecule has 1 unspecified atom stereocenters. The Morgan fingerprint density at radius 3 is 2.76 bits per heavy atom. The highest BCUT2D eigenvalue weighted by atomic mass is 32.2. The van der Waals surface area contributed by atoms with Gasteiger partial charge >= 0.3 is 5.97 Å². The molecule has 0 spiro atoms. The van der Waals surface area contributed by atoms with Crippen molar-refractivity contribution in [3.05, 3.63) is 59.4 Å². The molecule has 0 saturated heterocycles. The molecule has 0 amide bonds. The van der Waals surface area contributed by atoms with E-state index in [4.69, 9.17) is 4.74 Å². The predicted molar refractivity (Wildman–Crippen MR) is 117 cm³/mol. The van der Waals surface area contributed by atoms with Crippen molar-refractivity contribution in [1.82, 2.24) is 5.32 Å². The minimum atomic E-state index is -0.212. The third-order valence-electron chi connectivity index (χ3n) is 5.07. The average molecular weight is 417 g/mol. The number of rotatable bonds is 9. The van der Waals surface area contributed by atoms with Gasteiger partial charge in [0.25, 0.3) is 0 Å². The highest BCUT2D eigenvalue weighted by Crippen LogP contribution is 2.43. The van der Waals surface area contributed by atoms with Gasteiger partial charge in [0.15, 0.2) is 0 Å². The van der Waals surface area contributed by atoms with E-state index in [-0.39, 0.29) is 17.8 Å². The Kier molecular flexibility index (Phi) is 7.95. The quantitative estimate of drug-likeness (QED) is 0.333. The number of fused-ring (bicyclic) bond motifs is 2. The summed E-state index contributed by atoms with van der Waals surface area (Å²) in [7, 11) is 2.02. The Balaban J connectivity index is 1.61. The van der Waals surface area contributed by atoms with Crippen LogP contribution in [0.5, 0.6) is 0 Å². The number of hydrogen-bond acceptors (Lipinski definition) is 5. The van der Waals surface area contributed by atoms with E-state index in [1.807, 2.05) is 26.1 Å². The van der Waals surface area contributed by atoms with Crippen LogP contribution < -0.4 is 9.62 Å². The molecule has 6 heteroatoms. The monoisotopic (exact) mass is 416 g/mol. The van der Waals surface area contributed by atoms with Crippen LogP contribution in [0, 0.1) is 5.82 Å². The number of esters is 1. The zero-order chi connectivity index (χ0) is 20.6. The molecule has 2 aromatic rings. The van der Waals surface area contributed by atoms with Crippen molar-refractivity contribution in [2.24, 2.45) is 0 Å². The molecule has 0 radical (unpaired) electrons. The van der Waals surface area contributed by atoms with Gasteiger partial charge in [-0.25, -0.2) is 4.39 Å². The number of hydrogen-bond donors (Lipinski definition) is 1. The highest BCUT2D eigenvalue weighted by Gasteiger charge is 2.26. The number of carbonyl (C=O) groups excluding carboxylic acids is 1. The molecule has 1 N–H and O–H groups in total. The SMILES string of the molecule is CCOC(=O)CCCCCCNC1c2ccc(F)cc2SN(C)c2ccccc21. The Bertz CT molecular complexity index is 830. The van der Waals surface area contributed by atoms with Gasteiger partial charge < -0.3 is 14.4 Å². The summed E-state index contributed by atoms with van der Waals surface area (Å²) in [6.07, 6.45) is 4.48. The summed E-state index contributed by atoms with van der Waals surface area (Å²) in [4.78, 5) is 12.3. The molecule has 1 aliphatic heterocycles. The number of halogens is 1. The first-order chi connectivity index (χ1) is 14.1. The number of ether oxygens (including phenoxy) is 1. The van der Waals surface area contributed by atoms with E-state index in [9.17, 15) is 9.18 Å². The van der Waals surface area contributed by atoms with Gasteiger partial charge in [-0.2, -0.15) is 0 Å². The fourth-order valence-electron chi connectivity index (χ4n) is 3.66. The number of carbonyl (C=O) groups is 1. The molecule has 0 aromatic heterocycles. The maximum absolute atomic E-state index is 13.9. The number of nitrogens with one attached hydrogen (secondary N) is 1. The van der Waals surface area contributed by atoms with Crippen molar-refractivity contribution in [3.63, 3.8) is 0 Å². The fraction of sp³-hybridized carbons (Fsp3) is 0.435. The summed E-state index contributed by atoms with van der Waals surface area (Å²) in [6.45, 7) is 3.14. The Labute approximate surface area is 177 Å². The zero-order valence-corrected chi connectivity index (χ0v) is 17.9. The minimum absolute atomic E-state index is 0.0266. The number of para-hydroxylation sites is 1.